The SMILES string of the molecule is CC(C)(C)OC(=O)N1CSCC1C(=O)NC(Cc1ccc(NC(=O)c2c(Cl)cccc2Cl)cc1)C(=O)O. The highest BCUT2D eigenvalue weighted by molar-refractivity contribution is 7.99. The fraction of sp³-hybridized carbons (Fsp3) is 0.360. The summed E-state index contributed by atoms with van der Waals surface area (Å²) in [5, 5.41) is 15.4. The number of nitrogens with zero attached hydrogens (tertiary/aromatic N) is 1. The molecule has 0 aromatic heterocycles. The lowest BCUT2D eigenvalue weighted by Gasteiger charge is -2.28. The van der Waals surface area contributed by atoms with Crippen molar-refractivity contribution in [1.29, 1.82) is 0 Å². The number of carbonyl (C=O) groups excluding carboxylic acids is 3. The zero-order valence-corrected chi connectivity index (χ0v) is 22.7. The third-order valence-electron chi connectivity index (χ3n) is 5.27. The van der Waals surface area contributed by atoms with Gasteiger partial charge in [-0.3, -0.25) is 14.5 Å². The molecule has 2 unspecified atom stereocenters. The Kier molecular flexibility index (Phi) is 9.33. The Morgan fingerprint density at radius 2 is 1.73 bits per heavy atom. The maximum Gasteiger partial charge on any atom is 0.411 e. The Morgan fingerprint density at radius 3 is 2.30 bits per heavy atom. The molecule has 1 heterocycles. The molecule has 1 aliphatic heterocycles. The van der Waals surface area contributed by atoms with Gasteiger partial charge in [-0.05, 0) is 50.6 Å². The lowest BCUT2D eigenvalue weighted by atomic mass is 10.0. The number of carboxylic acid groups (broad SMARTS) is 1. The van der Waals surface area contributed by atoms with Gasteiger partial charge in [0, 0.05) is 17.9 Å². The predicted octanol–water partition coefficient (Wildman–Crippen LogP) is 4.67. The van der Waals surface area contributed by atoms with Crippen molar-refractivity contribution in [1.82, 2.24) is 10.2 Å². The van der Waals surface area contributed by atoms with Crippen molar-refractivity contribution in [3.05, 3.63) is 63.6 Å². The van der Waals surface area contributed by atoms with E-state index in [1.165, 1.54) is 16.7 Å². The smallest absolute Gasteiger partial charge is 0.411 e. The van der Waals surface area contributed by atoms with Crippen LogP contribution >= 0.6 is 35.0 Å². The summed E-state index contributed by atoms with van der Waals surface area (Å²) < 4.78 is 5.36. The summed E-state index contributed by atoms with van der Waals surface area (Å²) in [5.74, 6) is -1.65. The molecule has 37 heavy (non-hydrogen) atoms. The van der Waals surface area contributed by atoms with E-state index in [2.05, 4.69) is 10.6 Å². The summed E-state index contributed by atoms with van der Waals surface area (Å²) in [6.07, 6.45) is -0.627. The van der Waals surface area contributed by atoms with Gasteiger partial charge in [-0.1, -0.05) is 41.4 Å². The van der Waals surface area contributed by atoms with E-state index in [4.69, 9.17) is 27.9 Å². The van der Waals surface area contributed by atoms with Crippen LogP contribution in [0.25, 0.3) is 0 Å². The number of amides is 3. The normalized spacial score (nSPS) is 16.1. The van der Waals surface area contributed by atoms with E-state index in [-0.39, 0.29) is 27.9 Å². The number of anilines is 1. The molecule has 12 heteroatoms. The number of nitrogens with one attached hydrogen (secondary N) is 2. The van der Waals surface area contributed by atoms with Crippen LogP contribution in [0.3, 0.4) is 0 Å². The van der Waals surface area contributed by atoms with Crippen LogP contribution in [0.5, 0.6) is 0 Å². The zero-order valence-electron chi connectivity index (χ0n) is 20.4. The van der Waals surface area contributed by atoms with Crippen LogP contribution in [0.4, 0.5) is 10.5 Å². The van der Waals surface area contributed by atoms with Crippen LogP contribution in [0.15, 0.2) is 42.5 Å². The number of hydrogen-bond acceptors (Lipinski definition) is 6. The number of ether oxygens (including phenoxy) is 1. The number of carboxylic acids is 1. The van der Waals surface area contributed by atoms with E-state index in [1.807, 2.05) is 0 Å². The Bertz CT molecular complexity index is 1170. The van der Waals surface area contributed by atoms with Gasteiger partial charge < -0.3 is 20.5 Å². The summed E-state index contributed by atoms with van der Waals surface area (Å²) >= 11 is 13.5. The number of rotatable bonds is 7. The van der Waals surface area contributed by atoms with Crippen molar-refractivity contribution in [2.45, 2.75) is 44.9 Å². The summed E-state index contributed by atoms with van der Waals surface area (Å²) in [7, 11) is 0. The fourth-order valence-corrected chi connectivity index (χ4v) is 5.21. The molecule has 1 saturated heterocycles. The number of halogens is 2. The van der Waals surface area contributed by atoms with Crippen LogP contribution in [0.2, 0.25) is 10.0 Å². The molecule has 2 aromatic carbocycles. The average Bonchev–Trinajstić information content (AvgIpc) is 3.29. The van der Waals surface area contributed by atoms with Gasteiger partial charge in [0.2, 0.25) is 5.91 Å². The third-order valence-corrected chi connectivity index (χ3v) is 6.91. The van der Waals surface area contributed by atoms with E-state index in [0.717, 1.165) is 0 Å². The number of hydrogen-bond donors (Lipinski definition) is 3. The van der Waals surface area contributed by atoms with Gasteiger partial charge in [-0.2, -0.15) is 0 Å². The molecule has 0 aliphatic carbocycles. The van der Waals surface area contributed by atoms with Gasteiger partial charge in [0.15, 0.2) is 0 Å². The van der Waals surface area contributed by atoms with E-state index < -0.39 is 41.6 Å². The first-order valence-electron chi connectivity index (χ1n) is 11.3. The summed E-state index contributed by atoms with van der Waals surface area (Å²) in [5.41, 5.74) is 0.497. The molecule has 9 nitrogen and oxygen atoms in total. The highest BCUT2D eigenvalue weighted by Crippen LogP contribution is 2.26. The maximum absolute atomic E-state index is 12.9. The lowest BCUT2D eigenvalue weighted by molar-refractivity contribution is -0.142. The van der Waals surface area contributed by atoms with Crippen LogP contribution in [0.1, 0.15) is 36.7 Å². The first-order valence-corrected chi connectivity index (χ1v) is 13.2. The summed E-state index contributed by atoms with van der Waals surface area (Å²) in [4.78, 5) is 51.1. The van der Waals surface area contributed by atoms with Crippen LogP contribution in [-0.2, 0) is 20.7 Å². The zero-order chi connectivity index (χ0) is 27.3. The predicted molar refractivity (Wildman–Crippen MR) is 143 cm³/mol. The second-order valence-electron chi connectivity index (χ2n) is 9.32. The Morgan fingerprint density at radius 1 is 1.11 bits per heavy atom. The van der Waals surface area contributed by atoms with Gasteiger partial charge in [-0.25, -0.2) is 9.59 Å². The van der Waals surface area contributed by atoms with E-state index in [0.29, 0.717) is 17.0 Å². The highest BCUT2D eigenvalue weighted by Gasteiger charge is 2.38. The minimum Gasteiger partial charge on any atom is -0.480 e. The number of carbonyl (C=O) groups is 4. The van der Waals surface area contributed by atoms with Crippen molar-refractivity contribution in [3.63, 3.8) is 0 Å². The minimum atomic E-state index is -1.22. The molecule has 0 saturated carbocycles. The average molecular weight is 568 g/mol. The number of benzene rings is 2. The second kappa shape index (κ2) is 12.1. The molecule has 1 aliphatic rings. The topological polar surface area (TPSA) is 125 Å². The largest absolute Gasteiger partial charge is 0.480 e. The van der Waals surface area contributed by atoms with Crippen molar-refractivity contribution in [2.75, 3.05) is 16.9 Å². The van der Waals surface area contributed by atoms with E-state index in [1.54, 1.807) is 63.2 Å². The van der Waals surface area contributed by atoms with Crippen LogP contribution < -0.4 is 10.6 Å². The van der Waals surface area contributed by atoms with Gasteiger partial charge >= 0.3 is 12.1 Å². The quantitative estimate of drug-likeness (QED) is 0.444. The molecule has 3 rings (SSSR count). The minimum absolute atomic E-state index is 0.00204. The molecule has 3 N–H and O–H groups in total. The van der Waals surface area contributed by atoms with Gasteiger partial charge in [-0.15, -0.1) is 11.8 Å². The van der Waals surface area contributed by atoms with E-state index in [9.17, 15) is 24.3 Å². The first kappa shape index (κ1) is 28.6. The molecular weight excluding hydrogens is 541 g/mol. The number of thioether (sulfide) groups is 1. The standard InChI is InChI=1S/C25H27Cl2N3O6S/c1-25(2,3)36-24(35)30-13-37-12-19(30)21(31)29-18(23(33)34)11-14-7-9-15(10-8-14)28-22(32)20-16(26)5-4-6-17(20)27/h4-10,18-19H,11-13H2,1-3H3,(H,28,32)(H,29,31)(H,33,34). The summed E-state index contributed by atoms with van der Waals surface area (Å²) in [6, 6.07) is 9.19. The Balaban J connectivity index is 1.63. The first-order chi connectivity index (χ1) is 17.4. The van der Waals surface area contributed by atoms with Crippen LogP contribution in [0, 0.1) is 0 Å². The van der Waals surface area contributed by atoms with Gasteiger partial charge in [0.05, 0.1) is 21.5 Å². The molecule has 3 amide bonds. The van der Waals surface area contributed by atoms with E-state index >= 15 is 0 Å². The molecule has 2 aromatic rings. The van der Waals surface area contributed by atoms with Crippen molar-refractivity contribution < 1.29 is 29.0 Å². The van der Waals surface area contributed by atoms with Gasteiger partial charge in [0.25, 0.3) is 5.91 Å². The van der Waals surface area contributed by atoms with Crippen molar-refractivity contribution in [2.24, 2.45) is 0 Å². The van der Waals surface area contributed by atoms with Crippen molar-refractivity contribution in [3.8, 4) is 0 Å². The molecule has 0 bridgehead atoms. The second-order valence-corrected chi connectivity index (χ2v) is 11.1. The summed E-state index contributed by atoms with van der Waals surface area (Å²) in [6.45, 7) is 5.19. The molecule has 198 valence electrons. The number of aliphatic carboxylic acids is 1. The Hall–Kier alpha value is -2.95. The highest BCUT2D eigenvalue weighted by atomic mass is 35.5. The molecular formula is C25H27Cl2N3O6S. The molecule has 1 fully saturated rings. The van der Waals surface area contributed by atoms with Gasteiger partial charge in [0.1, 0.15) is 17.7 Å². The maximum atomic E-state index is 12.9. The Labute approximate surface area is 228 Å². The third kappa shape index (κ3) is 7.77. The molecule has 0 spiro atoms. The van der Waals surface area contributed by atoms with Crippen molar-refractivity contribution >= 4 is 64.5 Å². The monoisotopic (exact) mass is 567 g/mol. The van der Waals surface area contributed by atoms with Crippen LogP contribution in [-0.4, -0.2) is 63.2 Å². The molecule has 0 radical (unpaired) electrons. The molecule has 2 atom stereocenters. The lowest BCUT2D eigenvalue weighted by Crippen LogP contribution is -2.53. The fourth-order valence-electron chi connectivity index (χ4n) is 3.50.